The summed E-state index contributed by atoms with van der Waals surface area (Å²) in [6.07, 6.45) is 30.3. The maximum atomic E-state index is 12.1. The SMILES string of the molecule is CCCCCCCCCCCCCCCC(=O)O[C@@H](CO)COC(=O)CCCCCCCCCCCCCCNC(C)=O. The Balaban J connectivity index is 3.51. The van der Waals surface area contributed by atoms with Gasteiger partial charge in [-0.2, -0.15) is 0 Å². The van der Waals surface area contributed by atoms with E-state index in [1.54, 1.807) is 6.92 Å². The summed E-state index contributed by atoms with van der Waals surface area (Å²) in [7, 11) is 0. The molecular formula is C36H69NO6. The molecule has 0 bridgehead atoms. The zero-order chi connectivity index (χ0) is 31.6. The highest BCUT2D eigenvalue weighted by Crippen LogP contribution is 2.14. The quantitative estimate of drug-likeness (QED) is 0.0567. The van der Waals surface area contributed by atoms with Crippen molar-refractivity contribution in [1.29, 1.82) is 0 Å². The molecule has 0 fully saturated rings. The van der Waals surface area contributed by atoms with Gasteiger partial charge in [0.1, 0.15) is 6.61 Å². The number of carbonyl (C=O) groups excluding carboxylic acids is 3. The van der Waals surface area contributed by atoms with Gasteiger partial charge in [-0.25, -0.2) is 0 Å². The van der Waals surface area contributed by atoms with E-state index in [-0.39, 0.29) is 31.1 Å². The molecule has 1 atom stereocenters. The standard InChI is InChI=1S/C36H69NO6/c1-3-4-5-6-7-8-9-10-14-17-20-23-26-29-36(41)43-34(31-38)32-42-35(40)28-25-22-19-16-13-11-12-15-18-21-24-27-30-37-33(2)39/h34,38H,3-32H2,1-2H3,(H,37,39)/t34-/m0/s1. The van der Waals surface area contributed by atoms with Gasteiger partial charge in [-0.3, -0.25) is 14.4 Å². The molecule has 254 valence electrons. The molecule has 0 saturated heterocycles. The predicted octanol–water partition coefficient (Wildman–Crippen LogP) is 9.12. The lowest BCUT2D eigenvalue weighted by atomic mass is 10.0. The van der Waals surface area contributed by atoms with Crippen molar-refractivity contribution < 1.29 is 29.0 Å². The first kappa shape index (κ1) is 41.4. The highest BCUT2D eigenvalue weighted by atomic mass is 16.6. The van der Waals surface area contributed by atoms with Crippen LogP contribution >= 0.6 is 0 Å². The minimum absolute atomic E-state index is 0.0563. The van der Waals surface area contributed by atoms with Gasteiger partial charge in [0.2, 0.25) is 5.91 Å². The number of rotatable bonds is 33. The van der Waals surface area contributed by atoms with E-state index in [0.29, 0.717) is 12.8 Å². The summed E-state index contributed by atoms with van der Waals surface area (Å²) in [6.45, 7) is 4.20. The Kier molecular flexibility index (Phi) is 32.0. The van der Waals surface area contributed by atoms with E-state index in [2.05, 4.69) is 12.2 Å². The summed E-state index contributed by atoms with van der Waals surface area (Å²) in [5.74, 6) is -0.555. The van der Waals surface area contributed by atoms with Crippen molar-refractivity contribution in [2.75, 3.05) is 19.8 Å². The summed E-state index contributed by atoms with van der Waals surface area (Å²) in [6, 6.07) is 0. The van der Waals surface area contributed by atoms with Crippen LogP contribution in [0.1, 0.15) is 187 Å². The number of amides is 1. The van der Waals surface area contributed by atoms with Crippen LogP contribution in [0.25, 0.3) is 0 Å². The Bertz CT molecular complexity index is 641. The van der Waals surface area contributed by atoms with Crippen LogP contribution in [-0.2, 0) is 23.9 Å². The molecule has 0 aromatic heterocycles. The van der Waals surface area contributed by atoms with Gasteiger partial charge in [0.25, 0.3) is 0 Å². The normalized spacial score (nSPS) is 11.8. The van der Waals surface area contributed by atoms with Gasteiger partial charge in [-0.05, 0) is 19.3 Å². The van der Waals surface area contributed by atoms with Gasteiger partial charge < -0.3 is 19.9 Å². The monoisotopic (exact) mass is 612 g/mol. The Hall–Kier alpha value is -1.63. The smallest absolute Gasteiger partial charge is 0.306 e. The summed E-state index contributed by atoms with van der Waals surface area (Å²) in [5.41, 5.74) is 0. The van der Waals surface area contributed by atoms with Crippen LogP contribution in [0, 0.1) is 0 Å². The number of hydrogen-bond donors (Lipinski definition) is 2. The topological polar surface area (TPSA) is 102 Å². The molecule has 0 aliphatic rings. The second-order valence-electron chi connectivity index (χ2n) is 12.4. The van der Waals surface area contributed by atoms with Gasteiger partial charge in [-0.15, -0.1) is 0 Å². The van der Waals surface area contributed by atoms with Gasteiger partial charge in [0.05, 0.1) is 6.61 Å². The molecule has 0 aliphatic heterocycles. The zero-order valence-electron chi connectivity index (χ0n) is 28.3. The number of aliphatic hydroxyl groups is 1. The Morgan fingerprint density at radius 1 is 0.558 bits per heavy atom. The fraction of sp³-hybridized carbons (Fsp3) is 0.917. The molecule has 0 aromatic rings. The van der Waals surface area contributed by atoms with E-state index in [1.165, 1.54) is 116 Å². The van der Waals surface area contributed by atoms with E-state index >= 15 is 0 Å². The van der Waals surface area contributed by atoms with Crippen LogP contribution in [0.5, 0.6) is 0 Å². The lowest BCUT2D eigenvalue weighted by Crippen LogP contribution is -2.28. The van der Waals surface area contributed by atoms with E-state index in [4.69, 9.17) is 9.47 Å². The lowest BCUT2D eigenvalue weighted by molar-refractivity contribution is -0.161. The largest absolute Gasteiger partial charge is 0.462 e. The molecule has 0 aromatic carbocycles. The zero-order valence-corrected chi connectivity index (χ0v) is 28.3. The minimum atomic E-state index is -0.776. The fourth-order valence-electron chi connectivity index (χ4n) is 5.34. The predicted molar refractivity (Wildman–Crippen MR) is 177 cm³/mol. The first-order chi connectivity index (χ1) is 21.0. The Morgan fingerprint density at radius 2 is 0.930 bits per heavy atom. The average Bonchev–Trinajstić information content (AvgIpc) is 2.99. The van der Waals surface area contributed by atoms with Crippen molar-refractivity contribution >= 4 is 17.8 Å². The van der Waals surface area contributed by atoms with Crippen LogP contribution < -0.4 is 5.32 Å². The maximum Gasteiger partial charge on any atom is 0.306 e. The van der Waals surface area contributed by atoms with Crippen molar-refractivity contribution in [3.8, 4) is 0 Å². The fourth-order valence-corrected chi connectivity index (χ4v) is 5.34. The highest BCUT2D eigenvalue weighted by Gasteiger charge is 2.16. The lowest BCUT2D eigenvalue weighted by Gasteiger charge is -2.15. The summed E-state index contributed by atoms with van der Waals surface area (Å²) < 4.78 is 10.6. The minimum Gasteiger partial charge on any atom is -0.462 e. The molecule has 7 nitrogen and oxygen atoms in total. The molecule has 1 amide bonds. The molecule has 0 unspecified atom stereocenters. The summed E-state index contributed by atoms with van der Waals surface area (Å²) in [4.78, 5) is 35.0. The molecule has 0 rings (SSSR count). The van der Waals surface area contributed by atoms with Crippen LogP contribution in [0.3, 0.4) is 0 Å². The second kappa shape index (κ2) is 33.3. The molecule has 0 radical (unpaired) electrons. The Labute approximate surface area is 265 Å². The number of carbonyl (C=O) groups is 3. The molecule has 0 aliphatic carbocycles. The van der Waals surface area contributed by atoms with E-state index in [1.807, 2.05) is 0 Å². The first-order valence-corrected chi connectivity index (χ1v) is 18.2. The molecule has 43 heavy (non-hydrogen) atoms. The number of aliphatic hydroxyl groups excluding tert-OH is 1. The maximum absolute atomic E-state index is 12.1. The highest BCUT2D eigenvalue weighted by molar-refractivity contribution is 5.72. The molecule has 0 saturated carbocycles. The average molecular weight is 612 g/mol. The van der Waals surface area contributed by atoms with Crippen molar-refractivity contribution in [2.24, 2.45) is 0 Å². The van der Waals surface area contributed by atoms with Crippen LogP contribution in [0.15, 0.2) is 0 Å². The third kappa shape index (κ3) is 33.1. The van der Waals surface area contributed by atoms with Gasteiger partial charge in [0.15, 0.2) is 6.10 Å². The van der Waals surface area contributed by atoms with E-state index < -0.39 is 6.10 Å². The third-order valence-corrected chi connectivity index (χ3v) is 8.10. The van der Waals surface area contributed by atoms with Gasteiger partial charge >= 0.3 is 11.9 Å². The van der Waals surface area contributed by atoms with Crippen molar-refractivity contribution in [2.45, 2.75) is 193 Å². The number of esters is 2. The Morgan fingerprint density at radius 3 is 1.33 bits per heavy atom. The first-order valence-electron chi connectivity index (χ1n) is 18.2. The van der Waals surface area contributed by atoms with Crippen molar-refractivity contribution in [3.63, 3.8) is 0 Å². The van der Waals surface area contributed by atoms with Crippen LogP contribution in [-0.4, -0.2) is 48.8 Å². The summed E-state index contributed by atoms with van der Waals surface area (Å²) in [5, 5.41) is 12.4. The van der Waals surface area contributed by atoms with Crippen LogP contribution in [0.2, 0.25) is 0 Å². The van der Waals surface area contributed by atoms with E-state index in [9.17, 15) is 19.5 Å². The van der Waals surface area contributed by atoms with Crippen molar-refractivity contribution in [1.82, 2.24) is 5.32 Å². The second-order valence-corrected chi connectivity index (χ2v) is 12.4. The van der Waals surface area contributed by atoms with Gasteiger partial charge in [0, 0.05) is 26.3 Å². The summed E-state index contributed by atoms with van der Waals surface area (Å²) >= 11 is 0. The van der Waals surface area contributed by atoms with E-state index in [0.717, 1.165) is 51.5 Å². The molecule has 0 spiro atoms. The molecule has 2 N–H and O–H groups in total. The number of hydrogen-bond acceptors (Lipinski definition) is 6. The van der Waals surface area contributed by atoms with Crippen molar-refractivity contribution in [3.05, 3.63) is 0 Å². The third-order valence-electron chi connectivity index (χ3n) is 8.10. The van der Waals surface area contributed by atoms with Gasteiger partial charge in [-0.1, -0.05) is 148 Å². The molecule has 0 heterocycles. The number of nitrogens with one attached hydrogen (secondary N) is 1. The van der Waals surface area contributed by atoms with Crippen LogP contribution in [0.4, 0.5) is 0 Å². The number of ether oxygens (including phenoxy) is 2. The molecule has 7 heteroatoms. The molecular weight excluding hydrogens is 542 g/mol. The number of unbranched alkanes of at least 4 members (excludes halogenated alkanes) is 23.